The smallest absolute Gasteiger partial charge is 0.0973 e. The summed E-state index contributed by atoms with van der Waals surface area (Å²) in [6, 6.07) is 56.1. The van der Waals surface area contributed by atoms with Gasteiger partial charge < -0.3 is 0 Å². The molecule has 8 aromatic rings. The fraction of sp³-hybridized carbons (Fsp3) is 0. The van der Waals surface area contributed by atoms with Gasteiger partial charge in [0.1, 0.15) is 0 Å². The molecule has 2 heteroatoms. The van der Waals surface area contributed by atoms with E-state index < -0.39 is 0 Å². The van der Waals surface area contributed by atoms with E-state index in [2.05, 4.69) is 127 Å². The van der Waals surface area contributed by atoms with Crippen LogP contribution < -0.4 is 0 Å². The van der Waals surface area contributed by atoms with Gasteiger partial charge in [-0.3, -0.25) is 0 Å². The first-order valence-electron chi connectivity index (χ1n) is 15.0. The summed E-state index contributed by atoms with van der Waals surface area (Å²) in [5.41, 5.74) is 15.6. The van der Waals surface area contributed by atoms with Gasteiger partial charge in [0.25, 0.3) is 0 Å². The predicted molar refractivity (Wildman–Crippen MR) is 183 cm³/mol. The number of para-hydroxylation sites is 2. The Hall–Kier alpha value is -5.86. The van der Waals surface area contributed by atoms with Crippen molar-refractivity contribution in [1.29, 1.82) is 0 Å². The summed E-state index contributed by atoms with van der Waals surface area (Å²) >= 11 is 0. The number of hydrogen-bond acceptors (Lipinski definition) is 2. The van der Waals surface area contributed by atoms with Crippen molar-refractivity contribution in [1.82, 2.24) is 9.97 Å². The fourth-order valence-corrected chi connectivity index (χ4v) is 6.75. The third-order valence-electron chi connectivity index (χ3n) is 8.80. The molecule has 0 N–H and O–H groups in total. The molecule has 0 unspecified atom stereocenters. The van der Waals surface area contributed by atoms with Crippen molar-refractivity contribution in [2.75, 3.05) is 0 Å². The van der Waals surface area contributed by atoms with Crippen LogP contribution in [0.15, 0.2) is 158 Å². The number of aromatic nitrogens is 2. The number of benzene rings is 7. The van der Waals surface area contributed by atoms with Gasteiger partial charge in [-0.15, -0.1) is 0 Å². The van der Waals surface area contributed by atoms with Crippen molar-refractivity contribution in [3.8, 4) is 67.0 Å². The van der Waals surface area contributed by atoms with Gasteiger partial charge in [-0.2, -0.15) is 0 Å². The van der Waals surface area contributed by atoms with Crippen molar-refractivity contribution in [3.63, 3.8) is 0 Å². The molecule has 0 radical (unpaired) electrons. The molecular weight excluding hydrogens is 532 g/mol. The third kappa shape index (κ3) is 3.89. The minimum absolute atomic E-state index is 0.891. The van der Waals surface area contributed by atoms with E-state index in [0.717, 1.165) is 33.5 Å². The largest absolute Gasteiger partial charge is 0.244 e. The zero-order valence-corrected chi connectivity index (χ0v) is 23.9. The van der Waals surface area contributed by atoms with Crippen LogP contribution in [-0.2, 0) is 0 Å². The molecule has 0 spiro atoms. The molecule has 44 heavy (non-hydrogen) atoms. The van der Waals surface area contributed by atoms with Crippen LogP contribution in [0.25, 0.3) is 88.8 Å². The first-order chi connectivity index (χ1) is 21.8. The Morgan fingerprint density at radius 3 is 1.52 bits per heavy atom. The average Bonchev–Trinajstić information content (AvgIpc) is 3.43. The molecule has 1 aromatic heterocycles. The third-order valence-corrected chi connectivity index (χ3v) is 8.80. The summed E-state index contributed by atoms with van der Waals surface area (Å²) in [6.07, 6.45) is 0. The summed E-state index contributed by atoms with van der Waals surface area (Å²) in [5, 5.41) is 2.58. The van der Waals surface area contributed by atoms with Gasteiger partial charge in [-0.1, -0.05) is 133 Å². The highest BCUT2D eigenvalue weighted by Crippen LogP contribution is 2.52. The maximum absolute atomic E-state index is 5.27. The van der Waals surface area contributed by atoms with Crippen molar-refractivity contribution in [2.45, 2.75) is 0 Å². The second-order valence-electron chi connectivity index (χ2n) is 11.4. The first kappa shape index (κ1) is 24.7. The summed E-state index contributed by atoms with van der Waals surface area (Å²) in [4.78, 5) is 10.5. The van der Waals surface area contributed by atoms with E-state index in [1.165, 1.54) is 55.3 Å². The van der Waals surface area contributed by atoms with Gasteiger partial charge in [0.05, 0.1) is 22.4 Å². The van der Waals surface area contributed by atoms with Crippen LogP contribution in [-0.4, -0.2) is 9.97 Å². The topological polar surface area (TPSA) is 25.8 Å². The predicted octanol–water partition coefficient (Wildman–Crippen LogP) is 11.1. The highest BCUT2D eigenvalue weighted by atomic mass is 14.8. The van der Waals surface area contributed by atoms with Crippen LogP contribution in [0.3, 0.4) is 0 Å². The zero-order valence-electron chi connectivity index (χ0n) is 23.9. The Labute approximate surface area is 256 Å². The maximum Gasteiger partial charge on any atom is 0.0973 e. The summed E-state index contributed by atoms with van der Waals surface area (Å²) in [5.74, 6) is 0. The molecule has 0 fully saturated rings. The molecule has 1 heterocycles. The number of fused-ring (bicyclic) bond motifs is 4. The molecule has 0 bridgehead atoms. The molecule has 0 amide bonds. The Balaban J connectivity index is 1.33. The van der Waals surface area contributed by atoms with E-state index in [0.29, 0.717) is 0 Å². The molecular formula is C42H26N2. The lowest BCUT2D eigenvalue weighted by Gasteiger charge is -2.16. The molecule has 7 aromatic carbocycles. The maximum atomic E-state index is 5.27. The monoisotopic (exact) mass is 558 g/mol. The normalized spacial score (nSPS) is 11.6. The molecule has 9 rings (SSSR count). The van der Waals surface area contributed by atoms with Crippen molar-refractivity contribution in [3.05, 3.63) is 158 Å². The first-order valence-corrected chi connectivity index (χ1v) is 15.0. The molecule has 1 aliphatic carbocycles. The van der Waals surface area contributed by atoms with Crippen LogP contribution in [0, 0.1) is 0 Å². The van der Waals surface area contributed by atoms with Gasteiger partial charge in [-0.05, 0) is 79.5 Å². The van der Waals surface area contributed by atoms with E-state index in [1.54, 1.807) is 0 Å². The van der Waals surface area contributed by atoms with E-state index in [-0.39, 0.29) is 0 Å². The van der Waals surface area contributed by atoms with Crippen LogP contribution in [0.1, 0.15) is 0 Å². The number of hydrogen-bond donors (Lipinski definition) is 0. The minimum atomic E-state index is 0.891. The highest BCUT2D eigenvalue weighted by molar-refractivity contribution is 6.19. The quantitative estimate of drug-likeness (QED) is 0.215. The number of rotatable bonds is 4. The molecule has 0 aliphatic heterocycles. The Kier molecular flexibility index (Phi) is 5.54. The van der Waals surface area contributed by atoms with E-state index in [4.69, 9.17) is 9.97 Å². The van der Waals surface area contributed by atoms with Crippen molar-refractivity contribution >= 4 is 21.8 Å². The molecule has 2 nitrogen and oxygen atoms in total. The fourth-order valence-electron chi connectivity index (χ4n) is 6.75. The van der Waals surface area contributed by atoms with E-state index >= 15 is 0 Å². The van der Waals surface area contributed by atoms with E-state index in [9.17, 15) is 0 Å². The van der Waals surface area contributed by atoms with Gasteiger partial charge in [-0.25, -0.2) is 9.97 Å². The molecule has 204 valence electrons. The molecule has 0 saturated heterocycles. The Bertz CT molecular complexity index is 2350. The highest BCUT2D eigenvalue weighted by Gasteiger charge is 2.26. The number of nitrogens with zero attached hydrogens (tertiary/aromatic N) is 2. The Morgan fingerprint density at radius 1 is 0.318 bits per heavy atom. The van der Waals surface area contributed by atoms with Crippen LogP contribution in [0.2, 0.25) is 0 Å². The standard InChI is InChI=1S/C42H26N2/c1-3-11-27(12-4-1)28-21-23-29(24-22-28)35-25-32(26-36-33-17-9-15-30-16-10-18-34(39(30)33)40(35)36)42-41(31-13-5-2-6-14-31)43-37-19-7-8-20-38(37)44-42/h1-26H. The van der Waals surface area contributed by atoms with Crippen LogP contribution >= 0.6 is 0 Å². The van der Waals surface area contributed by atoms with Crippen molar-refractivity contribution < 1.29 is 0 Å². The van der Waals surface area contributed by atoms with Crippen LogP contribution in [0.4, 0.5) is 0 Å². The Morgan fingerprint density at radius 2 is 0.841 bits per heavy atom. The lowest BCUT2D eigenvalue weighted by atomic mass is 9.89. The molecule has 0 saturated carbocycles. The lowest BCUT2D eigenvalue weighted by Crippen LogP contribution is -1.97. The average molecular weight is 559 g/mol. The van der Waals surface area contributed by atoms with Crippen molar-refractivity contribution in [2.24, 2.45) is 0 Å². The van der Waals surface area contributed by atoms with Gasteiger partial charge >= 0.3 is 0 Å². The molecule has 0 atom stereocenters. The summed E-state index contributed by atoms with van der Waals surface area (Å²) in [7, 11) is 0. The zero-order chi connectivity index (χ0) is 29.0. The summed E-state index contributed by atoms with van der Waals surface area (Å²) in [6.45, 7) is 0. The second-order valence-corrected chi connectivity index (χ2v) is 11.4. The van der Waals surface area contributed by atoms with Gasteiger partial charge in [0.2, 0.25) is 0 Å². The van der Waals surface area contributed by atoms with Gasteiger partial charge in [0, 0.05) is 11.1 Å². The second kappa shape index (κ2) is 9.86. The van der Waals surface area contributed by atoms with Crippen LogP contribution in [0.5, 0.6) is 0 Å². The lowest BCUT2D eigenvalue weighted by molar-refractivity contribution is 1.29. The van der Waals surface area contributed by atoms with E-state index in [1.807, 2.05) is 30.3 Å². The minimum Gasteiger partial charge on any atom is -0.244 e. The summed E-state index contributed by atoms with van der Waals surface area (Å²) < 4.78 is 0. The van der Waals surface area contributed by atoms with Gasteiger partial charge in [0.15, 0.2) is 0 Å². The molecule has 1 aliphatic rings. The SMILES string of the molecule is c1ccc(-c2ccc(-c3cc(-c4nc5ccccc5nc4-c4ccccc4)cc4c3-c3cccc5cccc-4c35)cc2)cc1.